The molecule has 0 aliphatic rings. The Morgan fingerprint density at radius 2 is 1.76 bits per heavy atom. The molecule has 0 aliphatic carbocycles. The SMILES string of the molecule is O=C(Nc1nn[nH]n1)c1ccc(CN(c2cc(Cl)cc(Cl)c2)c2nc3ccccc3[nH]2)cc1. The first-order chi connectivity index (χ1) is 16.0. The molecule has 3 aromatic carbocycles. The van der Waals surface area contributed by atoms with Crippen LogP contribution in [0.1, 0.15) is 15.9 Å². The standard InChI is InChI=1S/C22H16Cl2N8O/c23-15-9-16(24)11-17(10-15)32(22-25-18-3-1-2-4-19(18)26-22)12-13-5-7-14(8-6-13)20(33)27-21-28-30-31-29-21/h1-11H,12H2,(H,25,26)(H2,27,28,29,30,31,33). The number of halogens is 2. The van der Waals surface area contributed by atoms with Crippen molar-refractivity contribution in [1.29, 1.82) is 0 Å². The molecule has 5 rings (SSSR count). The molecular formula is C22H16Cl2N8O. The summed E-state index contributed by atoms with van der Waals surface area (Å²) in [5.74, 6) is 0.421. The maximum atomic E-state index is 12.4. The number of nitrogens with zero attached hydrogens (tertiary/aromatic N) is 5. The zero-order valence-corrected chi connectivity index (χ0v) is 18.5. The molecule has 2 aromatic heterocycles. The molecule has 1 amide bonds. The highest BCUT2D eigenvalue weighted by Crippen LogP contribution is 2.32. The number of aromatic nitrogens is 6. The fourth-order valence-electron chi connectivity index (χ4n) is 3.38. The van der Waals surface area contributed by atoms with E-state index < -0.39 is 0 Å². The molecule has 0 aliphatic heterocycles. The summed E-state index contributed by atoms with van der Waals surface area (Å²) in [7, 11) is 0. The van der Waals surface area contributed by atoms with E-state index in [2.05, 4.69) is 30.9 Å². The van der Waals surface area contributed by atoms with Gasteiger partial charge in [0.2, 0.25) is 5.95 Å². The molecule has 11 heteroatoms. The van der Waals surface area contributed by atoms with Crippen LogP contribution in [-0.2, 0) is 6.54 Å². The van der Waals surface area contributed by atoms with E-state index in [0.717, 1.165) is 22.3 Å². The van der Waals surface area contributed by atoms with Crippen LogP contribution in [0.15, 0.2) is 66.7 Å². The predicted octanol–water partition coefficient (Wildman–Crippen LogP) is 4.97. The summed E-state index contributed by atoms with van der Waals surface area (Å²) in [6.07, 6.45) is 0. The molecule has 0 unspecified atom stereocenters. The summed E-state index contributed by atoms with van der Waals surface area (Å²) in [6, 6.07) is 20.3. The van der Waals surface area contributed by atoms with E-state index in [1.165, 1.54) is 0 Å². The number of hydrogen-bond donors (Lipinski definition) is 3. The predicted molar refractivity (Wildman–Crippen MR) is 127 cm³/mol. The van der Waals surface area contributed by atoms with Gasteiger partial charge in [0.1, 0.15) is 0 Å². The molecule has 9 nitrogen and oxygen atoms in total. The summed E-state index contributed by atoms with van der Waals surface area (Å²) in [6.45, 7) is 0.462. The minimum absolute atomic E-state index is 0.109. The fourth-order valence-corrected chi connectivity index (χ4v) is 3.90. The average Bonchev–Trinajstić information content (AvgIpc) is 3.46. The van der Waals surface area contributed by atoms with E-state index in [1.54, 1.807) is 18.2 Å². The monoisotopic (exact) mass is 478 g/mol. The molecule has 0 atom stereocenters. The Kier molecular flexibility index (Phi) is 5.64. The number of nitrogens with one attached hydrogen (secondary N) is 3. The maximum absolute atomic E-state index is 12.4. The number of H-pyrrole nitrogens is 2. The third kappa shape index (κ3) is 4.64. The van der Waals surface area contributed by atoms with E-state index in [-0.39, 0.29) is 11.9 Å². The number of tetrazole rings is 1. The topological polar surface area (TPSA) is 115 Å². The zero-order valence-electron chi connectivity index (χ0n) is 17.0. The fraction of sp³-hybridized carbons (Fsp3) is 0.0455. The number of fused-ring (bicyclic) bond motifs is 1. The van der Waals surface area contributed by atoms with Gasteiger partial charge in [-0.2, -0.15) is 5.21 Å². The Balaban J connectivity index is 1.45. The van der Waals surface area contributed by atoms with Gasteiger partial charge in [0.05, 0.1) is 17.6 Å². The van der Waals surface area contributed by atoms with E-state index in [0.29, 0.717) is 28.1 Å². The largest absolute Gasteiger partial charge is 0.324 e. The van der Waals surface area contributed by atoms with Crippen molar-refractivity contribution < 1.29 is 4.79 Å². The molecule has 0 bridgehead atoms. The number of carbonyl (C=O) groups is 1. The van der Waals surface area contributed by atoms with Gasteiger partial charge in [-0.1, -0.05) is 52.6 Å². The number of hydrogen-bond acceptors (Lipinski definition) is 6. The number of amides is 1. The number of rotatable bonds is 6. The van der Waals surface area contributed by atoms with E-state index in [1.807, 2.05) is 53.4 Å². The molecule has 0 spiro atoms. The van der Waals surface area contributed by atoms with Crippen LogP contribution in [0.2, 0.25) is 10.0 Å². The van der Waals surface area contributed by atoms with Crippen LogP contribution in [-0.4, -0.2) is 36.5 Å². The molecule has 2 heterocycles. The normalized spacial score (nSPS) is 11.0. The smallest absolute Gasteiger partial charge is 0.270 e. The van der Waals surface area contributed by atoms with Crippen molar-refractivity contribution in [2.75, 3.05) is 10.2 Å². The van der Waals surface area contributed by atoms with Crippen molar-refractivity contribution in [3.8, 4) is 0 Å². The minimum atomic E-state index is -0.335. The van der Waals surface area contributed by atoms with E-state index in [9.17, 15) is 4.79 Å². The second kappa shape index (κ2) is 8.89. The van der Waals surface area contributed by atoms with Gasteiger partial charge in [-0.3, -0.25) is 10.1 Å². The Morgan fingerprint density at radius 3 is 2.45 bits per heavy atom. The van der Waals surface area contributed by atoms with Crippen molar-refractivity contribution >= 4 is 57.7 Å². The molecule has 0 radical (unpaired) electrons. The second-order valence-corrected chi connectivity index (χ2v) is 8.05. The van der Waals surface area contributed by atoms with Crippen molar-refractivity contribution in [2.45, 2.75) is 6.54 Å². The van der Waals surface area contributed by atoms with Crippen LogP contribution in [0.5, 0.6) is 0 Å². The van der Waals surface area contributed by atoms with Crippen LogP contribution in [0.4, 0.5) is 17.6 Å². The number of para-hydroxylation sites is 2. The lowest BCUT2D eigenvalue weighted by Gasteiger charge is -2.23. The van der Waals surface area contributed by atoms with Gasteiger partial charge in [0.15, 0.2) is 0 Å². The maximum Gasteiger partial charge on any atom is 0.270 e. The Bertz CT molecular complexity index is 1360. The van der Waals surface area contributed by atoms with Crippen LogP contribution in [0.3, 0.4) is 0 Å². The number of benzene rings is 3. The van der Waals surface area contributed by atoms with Gasteiger partial charge in [0.25, 0.3) is 11.9 Å². The van der Waals surface area contributed by atoms with Gasteiger partial charge in [-0.05, 0) is 53.2 Å². The number of carbonyl (C=O) groups excluding carboxylic acids is 1. The summed E-state index contributed by atoms with van der Waals surface area (Å²) in [5, 5.41) is 16.8. The zero-order chi connectivity index (χ0) is 22.8. The third-order valence-corrected chi connectivity index (χ3v) is 5.36. The summed E-state index contributed by atoms with van der Waals surface area (Å²) in [5.41, 5.74) is 3.95. The molecule has 164 valence electrons. The van der Waals surface area contributed by atoms with Crippen LogP contribution in [0.25, 0.3) is 11.0 Å². The molecule has 3 N–H and O–H groups in total. The highest BCUT2D eigenvalue weighted by molar-refractivity contribution is 6.35. The lowest BCUT2D eigenvalue weighted by Crippen LogP contribution is -2.18. The molecule has 5 aromatic rings. The molecule has 0 saturated heterocycles. The minimum Gasteiger partial charge on any atom is -0.324 e. The molecule has 0 saturated carbocycles. The van der Waals surface area contributed by atoms with Gasteiger partial charge in [-0.15, -0.1) is 5.10 Å². The van der Waals surface area contributed by atoms with Crippen molar-refractivity contribution in [2.24, 2.45) is 0 Å². The molecule has 33 heavy (non-hydrogen) atoms. The van der Waals surface area contributed by atoms with Crippen molar-refractivity contribution in [3.63, 3.8) is 0 Å². The highest BCUT2D eigenvalue weighted by Gasteiger charge is 2.17. The summed E-state index contributed by atoms with van der Waals surface area (Å²) in [4.78, 5) is 22.4. The van der Waals surface area contributed by atoms with Gasteiger partial charge in [0, 0.05) is 21.3 Å². The van der Waals surface area contributed by atoms with Gasteiger partial charge >= 0.3 is 0 Å². The highest BCUT2D eigenvalue weighted by atomic mass is 35.5. The van der Waals surface area contributed by atoms with Crippen molar-refractivity contribution in [1.82, 2.24) is 30.6 Å². The van der Waals surface area contributed by atoms with Crippen LogP contribution < -0.4 is 10.2 Å². The first-order valence-electron chi connectivity index (χ1n) is 9.87. The van der Waals surface area contributed by atoms with E-state index >= 15 is 0 Å². The second-order valence-electron chi connectivity index (χ2n) is 7.18. The summed E-state index contributed by atoms with van der Waals surface area (Å²) >= 11 is 12.5. The van der Waals surface area contributed by atoms with E-state index in [4.69, 9.17) is 28.2 Å². The molecule has 0 fully saturated rings. The van der Waals surface area contributed by atoms with Crippen LogP contribution in [0, 0.1) is 0 Å². The van der Waals surface area contributed by atoms with Gasteiger partial charge in [-0.25, -0.2) is 4.98 Å². The lowest BCUT2D eigenvalue weighted by atomic mass is 10.1. The Hall–Kier alpha value is -3.95. The van der Waals surface area contributed by atoms with Crippen molar-refractivity contribution in [3.05, 3.63) is 87.9 Å². The Labute approximate surface area is 197 Å². The average molecular weight is 479 g/mol. The summed E-state index contributed by atoms with van der Waals surface area (Å²) < 4.78 is 0. The number of aromatic amines is 2. The molecular weight excluding hydrogens is 463 g/mol. The third-order valence-electron chi connectivity index (χ3n) is 4.92. The Morgan fingerprint density at radius 1 is 1.00 bits per heavy atom. The lowest BCUT2D eigenvalue weighted by molar-refractivity contribution is 0.102. The number of anilines is 3. The van der Waals surface area contributed by atoms with Crippen LogP contribution >= 0.6 is 23.2 Å². The first-order valence-corrected chi connectivity index (χ1v) is 10.6. The first kappa shape index (κ1) is 20.9. The van der Waals surface area contributed by atoms with Gasteiger partial charge < -0.3 is 9.88 Å². The quantitative estimate of drug-likeness (QED) is 0.317. The number of imidazole rings is 1.